The van der Waals surface area contributed by atoms with E-state index < -0.39 is 10.0 Å². The van der Waals surface area contributed by atoms with Gasteiger partial charge in [-0.15, -0.1) is 0 Å². The van der Waals surface area contributed by atoms with Crippen molar-refractivity contribution in [3.8, 4) is 5.75 Å². The molecule has 0 bridgehead atoms. The van der Waals surface area contributed by atoms with Gasteiger partial charge in [-0.1, -0.05) is 36.6 Å². The van der Waals surface area contributed by atoms with Crippen molar-refractivity contribution in [2.24, 2.45) is 0 Å². The third-order valence-corrected chi connectivity index (χ3v) is 5.89. The van der Waals surface area contributed by atoms with E-state index in [2.05, 4.69) is 11.3 Å². The highest BCUT2D eigenvalue weighted by molar-refractivity contribution is 7.89. The van der Waals surface area contributed by atoms with Crippen LogP contribution in [-0.2, 0) is 10.0 Å². The second-order valence-corrected chi connectivity index (χ2v) is 8.31. The van der Waals surface area contributed by atoms with Crippen LogP contribution in [0.15, 0.2) is 40.8 Å². The van der Waals surface area contributed by atoms with Crippen LogP contribution in [0, 0.1) is 0 Å². The van der Waals surface area contributed by atoms with Gasteiger partial charge in [0.25, 0.3) is 0 Å². The van der Waals surface area contributed by atoms with Crippen LogP contribution in [-0.4, -0.2) is 21.6 Å². The van der Waals surface area contributed by atoms with Crippen molar-refractivity contribution in [2.45, 2.75) is 57.4 Å². The molecular weight excluding hydrogens is 322 g/mol. The minimum absolute atomic E-state index is 0.0208. The minimum Gasteiger partial charge on any atom is -0.495 e. The quantitative estimate of drug-likeness (QED) is 0.780. The molecule has 1 aromatic carbocycles. The second kappa shape index (κ2) is 7.53. The molecule has 132 valence electrons. The summed E-state index contributed by atoms with van der Waals surface area (Å²) in [5, 5.41) is 0. The van der Waals surface area contributed by atoms with Gasteiger partial charge in [-0.25, -0.2) is 13.1 Å². The van der Waals surface area contributed by atoms with E-state index in [1.165, 1.54) is 7.11 Å². The van der Waals surface area contributed by atoms with Crippen LogP contribution < -0.4 is 9.46 Å². The molecule has 5 heteroatoms. The van der Waals surface area contributed by atoms with Crippen LogP contribution in [0.4, 0.5) is 0 Å². The van der Waals surface area contributed by atoms with Gasteiger partial charge in [-0.2, -0.15) is 0 Å². The van der Waals surface area contributed by atoms with Crippen molar-refractivity contribution in [3.63, 3.8) is 0 Å². The van der Waals surface area contributed by atoms with Gasteiger partial charge in [0.1, 0.15) is 10.6 Å². The summed E-state index contributed by atoms with van der Waals surface area (Å²) in [7, 11) is -2.13. The van der Waals surface area contributed by atoms with E-state index in [4.69, 9.17) is 4.74 Å². The van der Waals surface area contributed by atoms with Crippen molar-refractivity contribution in [1.29, 1.82) is 0 Å². The molecule has 24 heavy (non-hydrogen) atoms. The summed E-state index contributed by atoms with van der Waals surface area (Å²) in [6.45, 7) is 9.94. The lowest BCUT2D eigenvalue weighted by Crippen LogP contribution is -2.32. The van der Waals surface area contributed by atoms with Crippen molar-refractivity contribution < 1.29 is 13.2 Å². The predicted octanol–water partition coefficient (Wildman–Crippen LogP) is 4.29. The van der Waals surface area contributed by atoms with Gasteiger partial charge < -0.3 is 4.74 Å². The number of hydrogen-bond donors (Lipinski definition) is 1. The molecule has 0 unspecified atom stereocenters. The van der Waals surface area contributed by atoms with Gasteiger partial charge >= 0.3 is 0 Å². The number of sulfonamides is 1. The standard InChI is InChI=1S/C19H27NO3S/c1-13(2)19(14(3)4)15-10-11-17(23-5)18(12-15)24(21,22)20-16-8-6-7-9-16/h10-12,16,20H,1,6-9H2,2-5H3. The number of nitrogens with one attached hydrogen (secondary N) is 1. The van der Waals surface area contributed by atoms with E-state index >= 15 is 0 Å². The average Bonchev–Trinajstić information content (AvgIpc) is 2.98. The Balaban J connectivity index is 2.49. The maximum atomic E-state index is 12.9. The van der Waals surface area contributed by atoms with Crippen LogP contribution in [0.2, 0.25) is 0 Å². The fraction of sp³-hybridized carbons (Fsp3) is 0.474. The average molecular weight is 349 g/mol. The summed E-state index contributed by atoms with van der Waals surface area (Å²) in [4.78, 5) is 0.189. The Morgan fingerprint density at radius 3 is 2.33 bits per heavy atom. The third kappa shape index (κ3) is 4.08. The number of hydrogen-bond acceptors (Lipinski definition) is 3. The topological polar surface area (TPSA) is 55.4 Å². The molecule has 1 aliphatic rings. The van der Waals surface area contributed by atoms with Gasteiger partial charge in [0.05, 0.1) is 7.11 Å². The molecule has 0 heterocycles. The summed E-state index contributed by atoms with van der Waals surface area (Å²) < 4.78 is 33.8. The van der Waals surface area contributed by atoms with Gasteiger partial charge in [-0.05, 0) is 56.9 Å². The van der Waals surface area contributed by atoms with E-state index in [0.717, 1.165) is 48.0 Å². The molecular formula is C19H27NO3S. The van der Waals surface area contributed by atoms with Gasteiger partial charge in [-0.3, -0.25) is 0 Å². The van der Waals surface area contributed by atoms with Crippen LogP contribution in [0.25, 0.3) is 5.57 Å². The van der Waals surface area contributed by atoms with E-state index in [-0.39, 0.29) is 10.9 Å². The van der Waals surface area contributed by atoms with Crippen molar-refractivity contribution in [3.05, 3.63) is 41.5 Å². The van der Waals surface area contributed by atoms with Gasteiger partial charge in [0.2, 0.25) is 10.0 Å². The molecule has 1 fully saturated rings. The number of methoxy groups -OCH3 is 1. The van der Waals surface area contributed by atoms with Gasteiger partial charge in [0.15, 0.2) is 0 Å². The number of ether oxygens (including phenoxy) is 1. The molecule has 0 spiro atoms. The molecule has 1 aromatic rings. The Morgan fingerprint density at radius 1 is 1.21 bits per heavy atom. The Hall–Kier alpha value is -1.59. The Kier molecular flexibility index (Phi) is 5.88. The summed E-state index contributed by atoms with van der Waals surface area (Å²) in [5.41, 5.74) is 3.83. The maximum absolute atomic E-state index is 12.9. The summed E-state index contributed by atoms with van der Waals surface area (Å²) in [5.74, 6) is 0.360. The van der Waals surface area contributed by atoms with Crippen molar-refractivity contribution in [1.82, 2.24) is 4.72 Å². The Bertz CT molecular complexity index is 753. The monoisotopic (exact) mass is 349 g/mol. The van der Waals surface area contributed by atoms with E-state index in [1.54, 1.807) is 12.1 Å². The van der Waals surface area contributed by atoms with Gasteiger partial charge in [0, 0.05) is 6.04 Å². The first-order valence-electron chi connectivity index (χ1n) is 8.30. The number of benzene rings is 1. The third-order valence-electron chi connectivity index (χ3n) is 4.35. The molecule has 0 aromatic heterocycles. The fourth-order valence-corrected chi connectivity index (χ4v) is 4.83. The fourth-order valence-electron chi connectivity index (χ4n) is 3.33. The molecule has 4 nitrogen and oxygen atoms in total. The smallest absolute Gasteiger partial charge is 0.244 e. The molecule has 0 saturated heterocycles. The number of rotatable bonds is 6. The first kappa shape index (κ1) is 18.7. The molecule has 0 aliphatic heterocycles. The Morgan fingerprint density at radius 2 is 1.83 bits per heavy atom. The molecule has 1 N–H and O–H groups in total. The van der Waals surface area contributed by atoms with Crippen molar-refractivity contribution in [2.75, 3.05) is 7.11 Å². The number of allylic oxidation sites excluding steroid dienone is 3. The second-order valence-electron chi connectivity index (χ2n) is 6.62. The van der Waals surface area contributed by atoms with E-state index in [9.17, 15) is 8.42 Å². The lowest BCUT2D eigenvalue weighted by Gasteiger charge is -2.17. The molecule has 0 radical (unpaired) electrons. The predicted molar refractivity (Wildman–Crippen MR) is 98.7 cm³/mol. The van der Waals surface area contributed by atoms with Crippen molar-refractivity contribution >= 4 is 15.6 Å². The van der Waals surface area contributed by atoms with Crippen LogP contribution in [0.5, 0.6) is 5.75 Å². The normalized spacial score (nSPS) is 15.3. The summed E-state index contributed by atoms with van der Waals surface area (Å²) in [6.07, 6.45) is 3.93. The van der Waals surface area contributed by atoms with E-state index in [0.29, 0.717) is 5.75 Å². The minimum atomic E-state index is -3.62. The molecule has 0 amide bonds. The highest BCUT2D eigenvalue weighted by Gasteiger charge is 2.26. The maximum Gasteiger partial charge on any atom is 0.244 e. The van der Waals surface area contributed by atoms with E-state index in [1.807, 2.05) is 26.8 Å². The highest BCUT2D eigenvalue weighted by atomic mass is 32.2. The Labute approximate surface area is 145 Å². The molecule has 2 rings (SSSR count). The zero-order chi connectivity index (χ0) is 17.9. The SMILES string of the molecule is C=C(C)C(=C(C)C)c1ccc(OC)c(S(=O)(=O)NC2CCCC2)c1. The lowest BCUT2D eigenvalue weighted by atomic mass is 9.96. The summed E-state index contributed by atoms with van der Waals surface area (Å²) in [6, 6.07) is 5.30. The zero-order valence-corrected chi connectivity index (χ0v) is 15.8. The zero-order valence-electron chi connectivity index (χ0n) is 15.0. The molecule has 0 atom stereocenters. The van der Waals surface area contributed by atoms with Crippen LogP contribution in [0.1, 0.15) is 52.0 Å². The van der Waals surface area contributed by atoms with Crippen LogP contribution in [0.3, 0.4) is 0 Å². The first-order valence-corrected chi connectivity index (χ1v) is 9.78. The molecule has 1 aliphatic carbocycles. The largest absolute Gasteiger partial charge is 0.495 e. The highest BCUT2D eigenvalue weighted by Crippen LogP contribution is 2.32. The lowest BCUT2D eigenvalue weighted by molar-refractivity contribution is 0.402. The molecule has 1 saturated carbocycles. The first-order chi connectivity index (χ1) is 11.3. The summed E-state index contributed by atoms with van der Waals surface area (Å²) >= 11 is 0. The van der Waals surface area contributed by atoms with Crippen LogP contribution >= 0.6 is 0 Å².